The van der Waals surface area contributed by atoms with Crippen molar-refractivity contribution in [3.63, 3.8) is 0 Å². The van der Waals surface area contributed by atoms with Gasteiger partial charge in [-0.25, -0.2) is 0 Å². The van der Waals surface area contributed by atoms with Crippen molar-refractivity contribution in [2.75, 3.05) is 0 Å². The van der Waals surface area contributed by atoms with Crippen molar-refractivity contribution >= 4 is 0 Å². The molecule has 5 nitrogen and oxygen atoms in total. The van der Waals surface area contributed by atoms with Crippen LogP contribution in [0.1, 0.15) is 19.5 Å². The fourth-order valence-electron chi connectivity index (χ4n) is 1.81. The van der Waals surface area contributed by atoms with Crippen LogP contribution in [0.3, 0.4) is 0 Å². The molecule has 0 aromatic carbocycles. The predicted octanol–water partition coefficient (Wildman–Crippen LogP) is 1.58. The first-order valence-corrected chi connectivity index (χ1v) is 6.24. The Balaban J connectivity index is 0.000000148. The third-order valence-electron chi connectivity index (χ3n) is 2.95. The van der Waals surface area contributed by atoms with Crippen LogP contribution < -0.4 is 5.56 Å². The second kappa shape index (κ2) is 5.40. The number of hydrogen-bond acceptors (Lipinski definition) is 3. The third kappa shape index (κ3) is 3.54. The van der Waals surface area contributed by atoms with Crippen LogP contribution in [0.15, 0.2) is 41.5 Å². The zero-order valence-corrected chi connectivity index (χ0v) is 11.5. The molecule has 2 aromatic heterocycles. The summed E-state index contributed by atoms with van der Waals surface area (Å²) >= 11 is 0. The highest BCUT2D eigenvalue weighted by molar-refractivity contribution is 5.02. The first kappa shape index (κ1) is 13.5. The van der Waals surface area contributed by atoms with Crippen molar-refractivity contribution in [1.82, 2.24) is 14.3 Å². The zero-order chi connectivity index (χ0) is 13.9. The van der Waals surface area contributed by atoms with Crippen molar-refractivity contribution < 1.29 is 4.74 Å². The van der Waals surface area contributed by atoms with Crippen molar-refractivity contribution in [2.24, 2.45) is 7.05 Å². The van der Waals surface area contributed by atoms with Gasteiger partial charge < -0.3 is 9.30 Å². The number of nitrogens with zero attached hydrogens (tertiary/aromatic N) is 3. The lowest BCUT2D eigenvalue weighted by molar-refractivity contribution is -0.0660. The van der Waals surface area contributed by atoms with E-state index in [1.807, 2.05) is 23.0 Å². The quantitative estimate of drug-likeness (QED) is 0.723. The fraction of sp³-hybridized carbons (Fsp3) is 0.429. The van der Waals surface area contributed by atoms with E-state index in [0.29, 0.717) is 6.61 Å². The average molecular weight is 261 g/mol. The summed E-state index contributed by atoms with van der Waals surface area (Å²) in [6.45, 7) is 5.71. The van der Waals surface area contributed by atoms with Gasteiger partial charge in [-0.05, 0) is 26.0 Å². The Morgan fingerprint density at radius 3 is 2.74 bits per heavy atom. The maximum absolute atomic E-state index is 10.6. The smallest absolute Gasteiger partial charge is 0.250 e. The lowest BCUT2D eigenvalue weighted by Crippen LogP contribution is -2.35. The van der Waals surface area contributed by atoms with Crippen LogP contribution >= 0.6 is 0 Å². The van der Waals surface area contributed by atoms with Gasteiger partial charge in [0.25, 0.3) is 0 Å². The van der Waals surface area contributed by atoms with Crippen molar-refractivity contribution in [3.8, 4) is 0 Å². The molecule has 1 aliphatic heterocycles. The highest BCUT2D eigenvalue weighted by Gasteiger charge is 2.25. The van der Waals surface area contributed by atoms with Crippen LogP contribution in [0.4, 0.5) is 0 Å². The van der Waals surface area contributed by atoms with Gasteiger partial charge in [0.1, 0.15) is 0 Å². The Morgan fingerprint density at radius 1 is 1.32 bits per heavy atom. The molecule has 0 amide bonds. The van der Waals surface area contributed by atoms with Crippen LogP contribution in [0.2, 0.25) is 0 Å². The Labute approximate surface area is 112 Å². The second-order valence-corrected chi connectivity index (χ2v) is 5.18. The number of hydrogen-bond donors (Lipinski definition) is 0. The van der Waals surface area contributed by atoms with Gasteiger partial charge in [-0.1, -0.05) is 6.07 Å². The number of ether oxygens (including phenoxy) is 1. The van der Waals surface area contributed by atoms with Crippen LogP contribution in [0.5, 0.6) is 0 Å². The topological polar surface area (TPSA) is 49.0 Å². The maximum Gasteiger partial charge on any atom is 0.250 e. The van der Waals surface area contributed by atoms with Gasteiger partial charge in [0.05, 0.1) is 24.4 Å². The molecule has 5 heteroatoms. The standard InChI is InChI=1S/C8H12N2O.C6H7NO/c1-8(2)6-10-7(5-11-8)3-4-9-10;1-7-5-3-2-4-6(7)8/h3-4H,5-6H2,1-2H3;2-5H,1H3. The molecule has 0 spiro atoms. The lowest BCUT2D eigenvalue weighted by atomic mass is 10.1. The highest BCUT2D eigenvalue weighted by Crippen LogP contribution is 2.20. The Bertz CT molecular complexity index is 598. The van der Waals surface area contributed by atoms with E-state index in [9.17, 15) is 4.79 Å². The molecular formula is C14H19N3O2. The molecular weight excluding hydrogens is 242 g/mol. The van der Waals surface area contributed by atoms with Gasteiger partial charge >= 0.3 is 0 Å². The fourth-order valence-corrected chi connectivity index (χ4v) is 1.81. The molecule has 0 N–H and O–H groups in total. The summed E-state index contributed by atoms with van der Waals surface area (Å²) in [5.41, 5.74) is 1.15. The summed E-state index contributed by atoms with van der Waals surface area (Å²) < 4.78 is 9.12. The number of pyridine rings is 1. The molecule has 0 radical (unpaired) electrons. The van der Waals surface area contributed by atoms with Crippen molar-refractivity contribution in [1.29, 1.82) is 0 Å². The highest BCUT2D eigenvalue weighted by atomic mass is 16.5. The maximum atomic E-state index is 10.6. The van der Waals surface area contributed by atoms with E-state index < -0.39 is 0 Å². The summed E-state index contributed by atoms with van der Waals surface area (Å²) in [5, 5.41) is 4.19. The molecule has 0 bridgehead atoms. The summed E-state index contributed by atoms with van der Waals surface area (Å²) in [6.07, 6.45) is 3.54. The van der Waals surface area contributed by atoms with Crippen LogP contribution in [0.25, 0.3) is 0 Å². The molecule has 0 unspecified atom stereocenters. The Hall–Kier alpha value is -1.88. The summed E-state index contributed by atoms with van der Waals surface area (Å²) in [7, 11) is 1.72. The first-order chi connectivity index (χ1) is 8.98. The third-order valence-corrected chi connectivity index (χ3v) is 2.95. The molecule has 2 aromatic rings. The second-order valence-electron chi connectivity index (χ2n) is 5.18. The van der Waals surface area contributed by atoms with Gasteiger partial charge in [-0.15, -0.1) is 0 Å². The summed E-state index contributed by atoms with van der Waals surface area (Å²) in [5.74, 6) is 0. The lowest BCUT2D eigenvalue weighted by Gasteiger charge is -2.30. The monoisotopic (exact) mass is 261 g/mol. The molecule has 3 rings (SSSR count). The van der Waals surface area contributed by atoms with Crippen LogP contribution in [-0.2, 0) is 24.9 Å². The molecule has 0 saturated heterocycles. The largest absolute Gasteiger partial charge is 0.367 e. The normalized spacial score (nSPS) is 16.2. The summed E-state index contributed by atoms with van der Waals surface area (Å²) in [4.78, 5) is 10.6. The first-order valence-electron chi connectivity index (χ1n) is 6.24. The van der Waals surface area contributed by atoms with E-state index in [-0.39, 0.29) is 11.2 Å². The van der Waals surface area contributed by atoms with Crippen LogP contribution in [0, 0.1) is 0 Å². The Kier molecular flexibility index (Phi) is 3.85. The predicted molar refractivity (Wildman–Crippen MR) is 72.8 cm³/mol. The van der Waals surface area contributed by atoms with E-state index in [0.717, 1.165) is 6.54 Å². The molecule has 3 heterocycles. The van der Waals surface area contributed by atoms with Crippen molar-refractivity contribution in [2.45, 2.75) is 32.6 Å². The molecule has 0 atom stereocenters. The molecule has 102 valence electrons. The number of aromatic nitrogens is 3. The Morgan fingerprint density at radius 2 is 2.11 bits per heavy atom. The minimum atomic E-state index is -0.0565. The minimum Gasteiger partial charge on any atom is -0.367 e. The average Bonchev–Trinajstić information content (AvgIpc) is 2.79. The molecule has 0 aliphatic carbocycles. The number of aryl methyl sites for hydroxylation is 1. The van der Waals surface area contributed by atoms with E-state index >= 15 is 0 Å². The van der Waals surface area contributed by atoms with Gasteiger partial charge in [-0.2, -0.15) is 5.10 Å². The minimum absolute atomic E-state index is 0.0347. The van der Waals surface area contributed by atoms with Crippen molar-refractivity contribution in [3.05, 3.63) is 52.7 Å². The SMILES string of the molecule is CC1(C)Cn2nccc2CO1.Cn1ccccc1=O. The van der Waals surface area contributed by atoms with E-state index in [1.54, 1.807) is 19.3 Å². The van der Waals surface area contributed by atoms with Gasteiger partial charge in [0, 0.05) is 25.5 Å². The van der Waals surface area contributed by atoms with E-state index in [2.05, 4.69) is 18.9 Å². The van der Waals surface area contributed by atoms with E-state index in [4.69, 9.17) is 4.74 Å². The van der Waals surface area contributed by atoms with E-state index in [1.165, 1.54) is 16.3 Å². The number of rotatable bonds is 0. The number of fused-ring (bicyclic) bond motifs is 1. The summed E-state index contributed by atoms with van der Waals surface area (Å²) in [6, 6.07) is 7.07. The van der Waals surface area contributed by atoms with Crippen LogP contribution in [-0.4, -0.2) is 19.9 Å². The molecule has 19 heavy (non-hydrogen) atoms. The van der Waals surface area contributed by atoms with Gasteiger partial charge in [0.2, 0.25) is 5.56 Å². The molecule has 0 saturated carbocycles. The molecule has 1 aliphatic rings. The molecule has 0 fully saturated rings. The zero-order valence-electron chi connectivity index (χ0n) is 11.5. The van der Waals surface area contributed by atoms with Gasteiger partial charge in [-0.3, -0.25) is 9.48 Å². The van der Waals surface area contributed by atoms with Gasteiger partial charge in [0.15, 0.2) is 0 Å².